The zero-order chi connectivity index (χ0) is 24.7. The van der Waals surface area contributed by atoms with Crippen LogP contribution in [-0.4, -0.2) is 69.3 Å². The summed E-state index contributed by atoms with van der Waals surface area (Å²) in [4.78, 5) is 31.5. The van der Waals surface area contributed by atoms with Crippen molar-refractivity contribution >= 4 is 28.5 Å². The first-order valence-electron chi connectivity index (χ1n) is 11.5. The normalized spacial score (nSPS) is 18.2. The number of fused-ring (bicyclic) bond motifs is 2. The quantitative estimate of drug-likeness (QED) is 0.513. The van der Waals surface area contributed by atoms with Crippen molar-refractivity contribution in [1.82, 2.24) is 9.80 Å². The van der Waals surface area contributed by atoms with Crippen LogP contribution in [0.3, 0.4) is 0 Å². The molecule has 35 heavy (non-hydrogen) atoms. The molecule has 1 unspecified atom stereocenters. The van der Waals surface area contributed by atoms with Crippen LogP contribution in [0.15, 0.2) is 39.5 Å². The summed E-state index contributed by atoms with van der Waals surface area (Å²) < 4.78 is 22.7. The molecule has 9 heteroatoms. The van der Waals surface area contributed by atoms with Crippen LogP contribution in [0.25, 0.3) is 11.0 Å². The van der Waals surface area contributed by atoms with Gasteiger partial charge in [-0.1, -0.05) is 23.7 Å². The van der Waals surface area contributed by atoms with Crippen molar-refractivity contribution in [1.29, 1.82) is 0 Å². The second kappa shape index (κ2) is 9.53. The molecule has 2 aliphatic rings. The molecule has 0 radical (unpaired) electrons. The molecule has 0 aliphatic carbocycles. The predicted molar refractivity (Wildman–Crippen MR) is 132 cm³/mol. The van der Waals surface area contributed by atoms with Crippen molar-refractivity contribution in [2.24, 2.45) is 0 Å². The number of morpholine rings is 1. The Kier molecular flexibility index (Phi) is 6.44. The van der Waals surface area contributed by atoms with Crippen LogP contribution in [0, 0.1) is 6.92 Å². The minimum absolute atomic E-state index is 0.0565. The van der Waals surface area contributed by atoms with Crippen LogP contribution in [-0.2, 0) is 4.74 Å². The molecule has 0 saturated carbocycles. The number of hydrogen-bond acceptors (Lipinski definition) is 7. The van der Waals surface area contributed by atoms with E-state index in [1.165, 1.54) is 0 Å². The van der Waals surface area contributed by atoms with Gasteiger partial charge < -0.3 is 23.5 Å². The van der Waals surface area contributed by atoms with Gasteiger partial charge in [0, 0.05) is 36.8 Å². The monoisotopic (exact) mass is 498 g/mol. The lowest BCUT2D eigenvalue weighted by Gasteiger charge is -2.31. The molecular weight excluding hydrogens is 472 g/mol. The van der Waals surface area contributed by atoms with Crippen molar-refractivity contribution in [3.63, 3.8) is 0 Å². The number of benzene rings is 2. The number of nitrogens with zero attached hydrogens (tertiary/aromatic N) is 2. The Morgan fingerprint density at radius 1 is 1.09 bits per heavy atom. The van der Waals surface area contributed by atoms with Crippen LogP contribution in [0.4, 0.5) is 0 Å². The van der Waals surface area contributed by atoms with Gasteiger partial charge in [-0.25, -0.2) is 0 Å². The Morgan fingerprint density at radius 3 is 2.57 bits per heavy atom. The van der Waals surface area contributed by atoms with Crippen molar-refractivity contribution in [3.8, 4) is 11.5 Å². The highest BCUT2D eigenvalue weighted by atomic mass is 35.5. The van der Waals surface area contributed by atoms with Gasteiger partial charge in [0.05, 0.1) is 44.4 Å². The lowest BCUT2D eigenvalue weighted by atomic mass is 9.97. The SMILES string of the molecule is COc1cccc(C2c3c(oc4cc(C)c(Cl)cc4c3=O)C(=O)N2CCN2CCOCC2)c1OC. The lowest BCUT2D eigenvalue weighted by Crippen LogP contribution is -2.42. The maximum Gasteiger partial charge on any atom is 0.290 e. The Hall–Kier alpha value is -3.07. The van der Waals surface area contributed by atoms with Crippen LogP contribution in [0.1, 0.15) is 33.3 Å². The molecular formula is C26H27ClN2O6. The van der Waals surface area contributed by atoms with Gasteiger partial charge in [-0.05, 0) is 30.7 Å². The molecule has 3 heterocycles. The first kappa shape index (κ1) is 23.7. The number of halogens is 1. The minimum Gasteiger partial charge on any atom is -0.493 e. The molecule has 0 spiro atoms. The fourth-order valence-corrected chi connectivity index (χ4v) is 5.06. The van der Waals surface area contributed by atoms with Crippen LogP contribution < -0.4 is 14.9 Å². The number of para-hydroxylation sites is 1. The fourth-order valence-electron chi connectivity index (χ4n) is 4.90. The van der Waals surface area contributed by atoms with Gasteiger partial charge in [-0.2, -0.15) is 0 Å². The van der Waals surface area contributed by atoms with Gasteiger partial charge in [-0.3, -0.25) is 14.5 Å². The van der Waals surface area contributed by atoms with Gasteiger partial charge in [0.1, 0.15) is 5.58 Å². The number of carbonyl (C=O) groups is 1. The Labute approximate surface area is 207 Å². The summed E-state index contributed by atoms with van der Waals surface area (Å²) in [5, 5.41) is 0.808. The van der Waals surface area contributed by atoms with Gasteiger partial charge in [0.25, 0.3) is 5.91 Å². The van der Waals surface area contributed by atoms with E-state index in [1.54, 1.807) is 37.3 Å². The molecule has 2 aliphatic heterocycles. The summed E-state index contributed by atoms with van der Waals surface area (Å²) in [6.07, 6.45) is 0. The first-order chi connectivity index (χ1) is 16.9. The summed E-state index contributed by atoms with van der Waals surface area (Å²) in [7, 11) is 3.10. The van der Waals surface area contributed by atoms with E-state index in [0.717, 1.165) is 18.7 Å². The van der Waals surface area contributed by atoms with E-state index >= 15 is 0 Å². The minimum atomic E-state index is -0.690. The topological polar surface area (TPSA) is 81.5 Å². The molecule has 1 fully saturated rings. The van der Waals surface area contributed by atoms with E-state index in [2.05, 4.69) is 4.90 Å². The highest BCUT2D eigenvalue weighted by molar-refractivity contribution is 6.32. The second-order valence-electron chi connectivity index (χ2n) is 8.71. The summed E-state index contributed by atoms with van der Waals surface area (Å²) in [6, 6.07) is 8.07. The Balaban J connectivity index is 1.68. The van der Waals surface area contributed by atoms with Crippen molar-refractivity contribution in [2.75, 3.05) is 53.6 Å². The predicted octanol–water partition coefficient (Wildman–Crippen LogP) is 3.65. The molecule has 5 rings (SSSR count). The number of ether oxygens (including phenoxy) is 3. The summed E-state index contributed by atoms with van der Waals surface area (Å²) in [6.45, 7) is 5.78. The van der Waals surface area contributed by atoms with Gasteiger partial charge in [0.15, 0.2) is 16.9 Å². The van der Waals surface area contributed by atoms with Gasteiger partial charge in [0.2, 0.25) is 5.76 Å². The van der Waals surface area contributed by atoms with Crippen LogP contribution in [0.2, 0.25) is 5.02 Å². The number of methoxy groups -OCH3 is 2. The average Bonchev–Trinajstić information content (AvgIpc) is 3.15. The molecule has 8 nitrogen and oxygen atoms in total. The Morgan fingerprint density at radius 2 is 1.86 bits per heavy atom. The third-order valence-electron chi connectivity index (χ3n) is 6.74. The summed E-state index contributed by atoms with van der Waals surface area (Å²) >= 11 is 6.33. The van der Waals surface area contributed by atoms with Crippen molar-refractivity contribution < 1.29 is 23.4 Å². The van der Waals surface area contributed by atoms with E-state index < -0.39 is 6.04 Å². The zero-order valence-corrected chi connectivity index (χ0v) is 20.7. The van der Waals surface area contributed by atoms with Crippen LogP contribution in [0.5, 0.6) is 11.5 Å². The highest BCUT2D eigenvalue weighted by Crippen LogP contribution is 2.44. The molecule has 184 valence electrons. The molecule has 1 aromatic heterocycles. The molecule has 1 atom stereocenters. The number of hydrogen-bond donors (Lipinski definition) is 0. The van der Waals surface area contributed by atoms with Crippen LogP contribution >= 0.6 is 11.6 Å². The summed E-state index contributed by atoms with van der Waals surface area (Å²) in [5.74, 6) is 0.720. The van der Waals surface area contributed by atoms with E-state index in [-0.39, 0.29) is 22.7 Å². The molecule has 3 aromatic rings. The lowest BCUT2D eigenvalue weighted by molar-refractivity contribution is 0.0314. The Bertz CT molecular complexity index is 1350. The number of aryl methyl sites for hydroxylation is 1. The average molecular weight is 499 g/mol. The van der Waals surface area contributed by atoms with Crippen molar-refractivity contribution in [2.45, 2.75) is 13.0 Å². The van der Waals surface area contributed by atoms with E-state index in [1.807, 2.05) is 19.1 Å². The van der Waals surface area contributed by atoms with E-state index in [9.17, 15) is 9.59 Å². The zero-order valence-electron chi connectivity index (χ0n) is 19.9. The number of rotatable bonds is 6. The third-order valence-corrected chi connectivity index (χ3v) is 7.14. The summed E-state index contributed by atoms with van der Waals surface area (Å²) in [5.41, 5.74) is 1.78. The maximum atomic E-state index is 13.8. The number of amides is 1. The second-order valence-corrected chi connectivity index (χ2v) is 9.12. The van der Waals surface area contributed by atoms with E-state index in [0.29, 0.717) is 59.4 Å². The first-order valence-corrected chi connectivity index (χ1v) is 11.9. The molecule has 0 N–H and O–H groups in total. The highest BCUT2D eigenvalue weighted by Gasteiger charge is 2.44. The largest absolute Gasteiger partial charge is 0.493 e. The number of carbonyl (C=O) groups excluding carboxylic acids is 1. The molecule has 1 saturated heterocycles. The molecule has 0 bridgehead atoms. The third kappa shape index (κ3) is 4.05. The molecule has 1 amide bonds. The fraction of sp³-hybridized carbons (Fsp3) is 0.385. The van der Waals surface area contributed by atoms with Gasteiger partial charge >= 0.3 is 0 Å². The maximum absolute atomic E-state index is 13.8. The van der Waals surface area contributed by atoms with Gasteiger partial charge in [-0.15, -0.1) is 0 Å². The van der Waals surface area contributed by atoms with Crippen molar-refractivity contribution in [3.05, 3.63) is 68.0 Å². The standard InChI is InChI=1S/C26H27ClN2O6/c1-15-13-20-17(14-18(15)27)23(30)21-22(16-5-4-6-19(32-2)24(16)33-3)29(26(31)25(21)35-20)8-7-28-9-11-34-12-10-28/h4-6,13-14,22H,7-12H2,1-3H3. The smallest absolute Gasteiger partial charge is 0.290 e. The molecule has 2 aromatic carbocycles. The van der Waals surface area contributed by atoms with E-state index in [4.69, 9.17) is 30.2 Å².